The van der Waals surface area contributed by atoms with E-state index in [1.807, 2.05) is 6.08 Å². The van der Waals surface area contributed by atoms with Crippen molar-refractivity contribution in [1.82, 2.24) is 0 Å². The van der Waals surface area contributed by atoms with Crippen molar-refractivity contribution in [1.29, 1.82) is 0 Å². The highest BCUT2D eigenvalue weighted by molar-refractivity contribution is 5.36. The molecule has 0 amide bonds. The molecule has 0 bridgehead atoms. The van der Waals surface area contributed by atoms with Crippen LogP contribution in [0.2, 0.25) is 0 Å². The molecule has 0 aromatic rings. The van der Waals surface area contributed by atoms with Crippen LogP contribution in [0.3, 0.4) is 0 Å². The minimum atomic E-state index is -0.405. The molecule has 0 N–H and O–H groups in total. The molecule has 1 aliphatic rings. The van der Waals surface area contributed by atoms with E-state index in [0.717, 1.165) is 38.5 Å². The zero-order chi connectivity index (χ0) is 18.1. The van der Waals surface area contributed by atoms with Gasteiger partial charge in [0, 0.05) is 0 Å². The molecule has 0 aliphatic heterocycles. The number of aliphatic imine (C=N–C) groups is 2. The summed E-state index contributed by atoms with van der Waals surface area (Å²) in [7, 11) is 0. The molecule has 0 spiro atoms. The van der Waals surface area contributed by atoms with Crippen molar-refractivity contribution in [3.8, 4) is 0 Å². The van der Waals surface area contributed by atoms with Crippen molar-refractivity contribution in [3.05, 3.63) is 0 Å². The first-order valence-electron chi connectivity index (χ1n) is 9.66. The highest BCUT2D eigenvalue weighted by Crippen LogP contribution is 2.48. The summed E-state index contributed by atoms with van der Waals surface area (Å²) < 4.78 is 0. The first-order chi connectivity index (χ1) is 11.5. The first kappa shape index (κ1) is 20.8. The van der Waals surface area contributed by atoms with Gasteiger partial charge < -0.3 is 0 Å². The predicted octanol–water partition coefficient (Wildman–Crippen LogP) is 5.36. The van der Waals surface area contributed by atoms with Gasteiger partial charge in [-0.2, -0.15) is 4.99 Å². The van der Waals surface area contributed by atoms with Crippen molar-refractivity contribution in [2.45, 2.75) is 103 Å². The minimum absolute atomic E-state index is 0.0734. The van der Waals surface area contributed by atoms with Gasteiger partial charge in [-0.3, -0.25) is 0 Å². The first-order valence-corrected chi connectivity index (χ1v) is 9.66. The number of rotatable bonds is 10. The van der Waals surface area contributed by atoms with Crippen molar-refractivity contribution in [2.24, 2.45) is 21.3 Å². The molecule has 0 heterocycles. The van der Waals surface area contributed by atoms with Gasteiger partial charge in [0.2, 0.25) is 12.2 Å². The van der Waals surface area contributed by atoms with E-state index in [4.69, 9.17) is 0 Å². The summed E-state index contributed by atoms with van der Waals surface area (Å²) in [6.07, 6.45) is 14.0. The Labute approximate surface area is 147 Å². The van der Waals surface area contributed by atoms with Gasteiger partial charge in [0.25, 0.3) is 0 Å². The van der Waals surface area contributed by atoms with E-state index < -0.39 is 5.54 Å². The zero-order valence-corrected chi connectivity index (χ0v) is 15.9. The van der Waals surface area contributed by atoms with Crippen LogP contribution in [0.1, 0.15) is 91.9 Å². The molecule has 1 fully saturated rings. The normalized spacial score (nSPS) is 29.2. The lowest BCUT2D eigenvalue weighted by Crippen LogP contribution is -2.43. The van der Waals surface area contributed by atoms with Gasteiger partial charge in [0.15, 0.2) is 0 Å². The third-order valence-corrected chi connectivity index (χ3v) is 6.11. The highest BCUT2D eigenvalue weighted by atomic mass is 16.1. The number of nitrogens with zero attached hydrogens (tertiary/aromatic N) is 2. The summed E-state index contributed by atoms with van der Waals surface area (Å²) in [5.41, 5.74) is -0.181. The average molecular weight is 335 g/mol. The van der Waals surface area contributed by atoms with Crippen LogP contribution in [0.15, 0.2) is 9.98 Å². The second-order valence-electron chi connectivity index (χ2n) is 7.82. The maximum atomic E-state index is 11.2. The fraction of sp³-hybridized carbons (Fsp3) is 0.900. The quantitative estimate of drug-likeness (QED) is 0.399. The van der Waals surface area contributed by atoms with Crippen molar-refractivity contribution in [2.75, 3.05) is 0 Å². The van der Waals surface area contributed by atoms with E-state index in [9.17, 15) is 9.59 Å². The molecule has 1 rings (SSSR count). The summed E-state index contributed by atoms with van der Waals surface area (Å²) in [5.74, 6) is 0.347. The van der Waals surface area contributed by atoms with E-state index in [-0.39, 0.29) is 11.5 Å². The van der Waals surface area contributed by atoms with Gasteiger partial charge in [-0.25, -0.2) is 14.6 Å². The van der Waals surface area contributed by atoms with Crippen LogP contribution in [0.5, 0.6) is 0 Å². The molecular weight excluding hydrogens is 300 g/mol. The fourth-order valence-electron chi connectivity index (χ4n) is 4.58. The molecule has 1 aliphatic carbocycles. The molecule has 24 heavy (non-hydrogen) atoms. The van der Waals surface area contributed by atoms with Crippen molar-refractivity contribution < 1.29 is 9.59 Å². The Kier molecular flexibility index (Phi) is 8.59. The maximum absolute atomic E-state index is 11.2. The summed E-state index contributed by atoms with van der Waals surface area (Å²) in [4.78, 5) is 30.3. The van der Waals surface area contributed by atoms with E-state index in [2.05, 4.69) is 37.7 Å². The van der Waals surface area contributed by atoms with Gasteiger partial charge in [-0.1, -0.05) is 53.4 Å². The molecule has 0 aromatic heterocycles. The molecule has 0 saturated heterocycles. The lowest BCUT2D eigenvalue weighted by atomic mass is 9.63. The highest BCUT2D eigenvalue weighted by Gasteiger charge is 2.45. The van der Waals surface area contributed by atoms with Crippen LogP contribution in [-0.4, -0.2) is 23.7 Å². The molecule has 4 nitrogen and oxygen atoms in total. The second kappa shape index (κ2) is 9.91. The Bertz CT molecular complexity index is 480. The predicted molar refractivity (Wildman–Crippen MR) is 97.6 cm³/mol. The summed E-state index contributed by atoms with van der Waals surface area (Å²) in [6.45, 7) is 8.84. The van der Waals surface area contributed by atoms with E-state index in [1.165, 1.54) is 19.3 Å². The molecule has 4 heteroatoms. The Morgan fingerprint density at radius 3 is 2.42 bits per heavy atom. The Morgan fingerprint density at radius 1 is 1.12 bits per heavy atom. The lowest BCUT2D eigenvalue weighted by Gasteiger charge is -2.45. The van der Waals surface area contributed by atoms with Gasteiger partial charge in [-0.15, -0.1) is 0 Å². The molecule has 0 aromatic carbocycles. The van der Waals surface area contributed by atoms with Gasteiger partial charge in [0.1, 0.15) is 0 Å². The molecule has 136 valence electrons. The Morgan fingerprint density at radius 2 is 1.88 bits per heavy atom. The van der Waals surface area contributed by atoms with Crippen LogP contribution in [0.25, 0.3) is 0 Å². The lowest BCUT2D eigenvalue weighted by molar-refractivity contribution is 0.105. The topological polar surface area (TPSA) is 58.9 Å². The molecule has 0 radical (unpaired) electrons. The van der Waals surface area contributed by atoms with Crippen LogP contribution >= 0.6 is 0 Å². The van der Waals surface area contributed by atoms with Crippen LogP contribution < -0.4 is 0 Å². The van der Waals surface area contributed by atoms with Crippen LogP contribution in [0, 0.1) is 11.3 Å². The van der Waals surface area contributed by atoms with Crippen molar-refractivity contribution >= 4 is 12.2 Å². The second-order valence-corrected chi connectivity index (χ2v) is 7.82. The molecule has 1 saturated carbocycles. The SMILES string of the molecule is CCCCC(CC)(CCC)CC1(N=C=O)CCC(C)C(N=C=O)C1. The minimum Gasteiger partial charge on any atom is -0.211 e. The Hall–Kier alpha value is -1.24. The van der Waals surface area contributed by atoms with Gasteiger partial charge in [-0.05, 0) is 49.9 Å². The van der Waals surface area contributed by atoms with Crippen LogP contribution in [-0.2, 0) is 9.59 Å². The number of hydrogen-bond donors (Lipinski definition) is 0. The third-order valence-electron chi connectivity index (χ3n) is 6.11. The molecular formula is C20H34N2O2. The number of carbonyl (C=O) groups excluding carboxylic acids is 2. The van der Waals surface area contributed by atoms with E-state index in [1.54, 1.807) is 6.08 Å². The number of isocyanates is 2. The summed E-state index contributed by atoms with van der Waals surface area (Å²) in [6, 6.07) is -0.0734. The Balaban J connectivity index is 3.11. The van der Waals surface area contributed by atoms with Crippen molar-refractivity contribution in [3.63, 3.8) is 0 Å². The molecule has 4 atom stereocenters. The van der Waals surface area contributed by atoms with Crippen LogP contribution in [0.4, 0.5) is 0 Å². The number of hydrogen-bond acceptors (Lipinski definition) is 4. The monoisotopic (exact) mass is 334 g/mol. The third kappa shape index (κ3) is 5.40. The van der Waals surface area contributed by atoms with Gasteiger partial charge >= 0.3 is 0 Å². The van der Waals surface area contributed by atoms with E-state index in [0.29, 0.717) is 12.3 Å². The zero-order valence-electron chi connectivity index (χ0n) is 15.9. The fourth-order valence-corrected chi connectivity index (χ4v) is 4.58. The largest absolute Gasteiger partial charge is 0.235 e. The number of unbranched alkanes of at least 4 members (excludes halogenated alkanes) is 1. The standard InChI is InChI=1S/C20H34N2O2/c1-5-8-11-19(7-3,10-6-2)14-20(22-16-24)12-9-17(4)18(13-20)21-15-23/h17-18H,5-14H2,1-4H3. The van der Waals surface area contributed by atoms with E-state index >= 15 is 0 Å². The average Bonchev–Trinajstić information content (AvgIpc) is 2.57. The summed E-state index contributed by atoms with van der Waals surface area (Å²) >= 11 is 0. The maximum Gasteiger partial charge on any atom is 0.235 e. The smallest absolute Gasteiger partial charge is 0.211 e. The molecule has 4 unspecified atom stereocenters. The van der Waals surface area contributed by atoms with Gasteiger partial charge in [0.05, 0.1) is 11.6 Å². The summed E-state index contributed by atoms with van der Waals surface area (Å²) in [5, 5.41) is 0.